The average Bonchev–Trinajstić information content (AvgIpc) is 3.18. The summed E-state index contributed by atoms with van der Waals surface area (Å²) in [4.78, 5) is 29.7. The zero-order valence-electron chi connectivity index (χ0n) is 18.1. The highest BCUT2D eigenvalue weighted by Gasteiger charge is 2.22. The summed E-state index contributed by atoms with van der Waals surface area (Å²) in [5.41, 5.74) is 3.17. The lowest BCUT2D eigenvalue weighted by Gasteiger charge is -2.30. The molecule has 0 radical (unpaired) electrons. The minimum absolute atomic E-state index is 0.119. The van der Waals surface area contributed by atoms with Gasteiger partial charge in [-0.1, -0.05) is 35.4 Å². The van der Waals surface area contributed by atoms with Gasteiger partial charge in [0, 0.05) is 18.8 Å². The maximum atomic E-state index is 12.4. The number of hydroxylamine groups is 2. The number of ether oxygens (including phenoxy) is 1. The third-order valence-corrected chi connectivity index (χ3v) is 5.55. The molecule has 0 unspecified atom stereocenters. The van der Waals surface area contributed by atoms with Crippen LogP contribution < -0.4 is 15.8 Å². The van der Waals surface area contributed by atoms with Gasteiger partial charge in [-0.3, -0.25) is 5.32 Å². The van der Waals surface area contributed by atoms with Gasteiger partial charge in [0.1, 0.15) is 0 Å². The van der Waals surface area contributed by atoms with Crippen molar-refractivity contribution < 1.29 is 18.8 Å². The molecular weight excluding hydrogens is 412 g/mol. The molecule has 1 aliphatic heterocycles. The second-order valence-electron chi connectivity index (χ2n) is 7.81. The maximum Gasteiger partial charge on any atom is 0.444 e. The van der Waals surface area contributed by atoms with Crippen molar-refractivity contribution in [3.05, 3.63) is 70.2 Å². The van der Waals surface area contributed by atoms with E-state index in [0.29, 0.717) is 30.4 Å². The predicted molar refractivity (Wildman–Crippen MR) is 118 cm³/mol. The van der Waals surface area contributed by atoms with Gasteiger partial charge in [0.2, 0.25) is 0 Å². The Morgan fingerprint density at radius 1 is 1.19 bits per heavy atom. The van der Waals surface area contributed by atoms with Crippen LogP contribution in [0.4, 0.5) is 10.5 Å². The fourth-order valence-electron chi connectivity index (χ4n) is 3.83. The lowest BCUT2D eigenvalue weighted by atomic mass is 9.91. The van der Waals surface area contributed by atoms with Crippen molar-refractivity contribution >= 4 is 11.8 Å². The first kappa shape index (κ1) is 21.6. The molecule has 2 heterocycles. The molecule has 0 spiro atoms. The van der Waals surface area contributed by atoms with E-state index in [4.69, 9.17) is 14.0 Å². The van der Waals surface area contributed by atoms with E-state index >= 15 is 0 Å². The first-order valence-corrected chi connectivity index (χ1v) is 10.5. The third kappa shape index (κ3) is 5.17. The topological polar surface area (TPSA) is 98.8 Å². The molecule has 168 valence electrons. The van der Waals surface area contributed by atoms with E-state index in [1.54, 1.807) is 23.3 Å². The smallest absolute Gasteiger partial charge is 0.444 e. The molecule has 0 bridgehead atoms. The van der Waals surface area contributed by atoms with E-state index in [9.17, 15) is 9.59 Å². The normalized spacial score (nSPS) is 14.8. The molecule has 0 saturated carbocycles. The van der Waals surface area contributed by atoms with Crippen LogP contribution in [0.5, 0.6) is 6.08 Å². The number of aryl methyl sites for hydroxylation is 1. The fourth-order valence-corrected chi connectivity index (χ4v) is 3.83. The Kier molecular flexibility index (Phi) is 6.55. The summed E-state index contributed by atoms with van der Waals surface area (Å²) in [5, 5.41) is 8.41. The number of rotatable bonds is 6. The molecule has 1 saturated heterocycles. The molecule has 1 fully saturated rings. The summed E-state index contributed by atoms with van der Waals surface area (Å²) < 4.78 is 10.8. The van der Waals surface area contributed by atoms with Crippen LogP contribution in [0.25, 0.3) is 5.69 Å². The number of carbonyl (C=O) groups is 1. The summed E-state index contributed by atoms with van der Waals surface area (Å²) in [6.45, 7) is 3.23. The van der Waals surface area contributed by atoms with Crippen LogP contribution in [0, 0.1) is 12.8 Å². The number of carbonyl (C=O) groups excluding carboxylic acids is 1. The van der Waals surface area contributed by atoms with Gasteiger partial charge in [-0.25, -0.2) is 9.59 Å². The lowest BCUT2D eigenvalue weighted by molar-refractivity contribution is -0.113. The zero-order valence-corrected chi connectivity index (χ0v) is 18.1. The van der Waals surface area contributed by atoms with Crippen molar-refractivity contribution in [2.75, 3.05) is 25.5 Å². The average molecular weight is 438 g/mol. The summed E-state index contributed by atoms with van der Waals surface area (Å²) in [7, 11) is 1.37. The quantitative estimate of drug-likeness (QED) is 0.628. The standard InChI is InChI=1S/C23H26N4O5/c1-16-14-19(27-23(29)31-22(25-27)30-2)8-9-20(16)24-21(28)32-26-12-10-18(11-13-26)15-17-6-4-3-5-7-17/h3-9,14,18H,10-13,15H2,1-2H3,(H,24,28). The summed E-state index contributed by atoms with van der Waals surface area (Å²) in [5.74, 6) is -0.0642. The Hall–Kier alpha value is -3.59. The monoisotopic (exact) mass is 438 g/mol. The Bertz CT molecular complexity index is 1120. The fraction of sp³-hybridized carbons (Fsp3) is 0.348. The van der Waals surface area contributed by atoms with E-state index in [-0.39, 0.29) is 6.08 Å². The highest BCUT2D eigenvalue weighted by molar-refractivity contribution is 5.85. The van der Waals surface area contributed by atoms with Crippen molar-refractivity contribution in [2.45, 2.75) is 26.2 Å². The van der Waals surface area contributed by atoms with Crippen molar-refractivity contribution in [3.8, 4) is 11.8 Å². The molecular formula is C23H26N4O5. The van der Waals surface area contributed by atoms with Crippen LogP contribution in [0.1, 0.15) is 24.0 Å². The minimum Gasteiger partial charge on any atom is -0.452 e. The Balaban J connectivity index is 1.30. The van der Waals surface area contributed by atoms with E-state index in [2.05, 4.69) is 34.7 Å². The molecule has 4 rings (SSSR count). The first-order chi connectivity index (χ1) is 15.5. The molecule has 3 aromatic rings. The number of nitrogens with zero attached hydrogens (tertiary/aromatic N) is 3. The molecule has 9 heteroatoms. The van der Waals surface area contributed by atoms with E-state index in [1.165, 1.54) is 12.7 Å². The number of amides is 1. The number of anilines is 1. The minimum atomic E-state index is -0.656. The second kappa shape index (κ2) is 9.69. The molecule has 0 aliphatic carbocycles. The van der Waals surface area contributed by atoms with Crippen LogP contribution in [0.2, 0.25) is 0 Å². The zero-order chi connectivity index (χ0) is 22.5. The molecule has 1 aliphatic rings. The largest absolute Gasteiger partial charge is 0.452 e. The molecule has 1 amide bonds. The molecule has 32 heavy (non-hydrogen) atoms. The second-order valence-corrected chi connectivity index (χ2v) is 7.81. The van der Waals surface area contributed by atoms with E-state index in [1.807, 2.05) is 13.0 Å². The molecule has 0 atom stereocenters. The number of benzene rings is 2. The Labute approximate surface area is 185 Å². The molecule has 1 aromatic heterocycles. The van der Waals surface area contributed by atoms with E-state index < -0.39 is 11.8 Å². The van der Waals surface area contributed by atoms with Crippen molar-refractivity contribution in [1.82, 2.24) is 14.8 Å². The number of hydrogen-bond donors (Lipinski definition) is 1. The number of aromatic nitrogens is 2. The lowest BCUT2D eigenvalue weighted by Crippen LogP contribution is -2.37. The van der Waals surface area contributed by atoms with Gasteiger partial charge in [0.05, 0.1) is 12.8 Å². The molecule has 1 N–H and O–H groups in total. The van der Waals surface area contributed by atoms with Gasteiger partial charge >= 0.3 is 17.9 Å². The van der Waals surface area contributed by atoms with Crippen molar-refractivity contribution in [1.29, 1.82) is 0 Å². The van der Waals surface area contributed by atoms with E-state index in [0.717, 1.165) is 29.5 Å². The Morgan fingerprint density at radius 2 is 1.94 bits per heavy atom. The van der Waals surface area contributed by atoms with Gasteiger partial charge in [0.25, 0.3) is 0 Å². The van der Waals surface area contributed by atoms with Gasteiger partial charge in [-0.15, -0.1) is 5.06 Å². The van der Waals surface area contributed by atoms with Crippen LogP contribution in [-0.2, 0) is 11.3 Å². The number of hydrogen-bond acceptors (Lipinski definition) is 7. The SMILES string of the molecule is COc1nn(-c2ccc(NC(=O)ON3CCC(Cc4ccccc4)CC3)c(C)c2)c(=O)o1. The highest BCUT2D eigenvalue weighted by atomic mass is 16.7. The van der Waals surface area contributed by atoms with Crippen molar-refractivity contribution in [2.24, 2.45) is 5.92 Å². The number of piperidine rings is 1. The third-order valence-electron chi connectivity index (χ3n) is 5.55. The van der Waals surface area contributed by atoms with Gasteiger partial charge in [-0.2, -0.15) is 4.68 Å². The maximum absolute atomic E-state index is 12.4. The van der Waals surface area contributed by atoms with Gasteiger partial charge in [0.15, 0.2) is 0 Å². The van der Waals surface area contributed by atoms with Crippen LogP contribution in [0.15, 0.2) is 57.7 Å². The number of nitrogens with one attached hydrogen (secondary N) is 1. The number of methoxy groups -OCH3 is 1. The predicted octanol–water partition coefficient (Wildman–Crippen LogP) is 3.56. The first-order valence-electron chi connectivity index (χ1n) is 10.5. The summed E-state index contributed by atoms with van der Waals surface area (Å²) in [6.07, 6.45) is 2.35. The van der Waals surface area contributed by atoms with Crippen LogP contribution in [0.3, 0.4) is 0 Å². The van der Waals surface area contributed by atoms with Gasteiger partial charge in [-0.05, 0) is 61.4 Å². The Morgan fingerprint density at radius 3 is 2.59 bits per heavy atom. The van der Waals surface area contributed by atoms with Crippen LogP contribution >= 0.6 is 0 Å². The van der Waals surface area contributed by atoms with Crippen LogP contribution in [-0.4, -0.2) is 41.1 Å². The van der Waals surface area contributed by atoms with Crippen molar-refractivity contribution in [3.63, 3.8) is 0 Å². The molecule has 2 aromatic carbocycles. The molecule has 9 nitrogen and oxygen atoms in total. The summed E-state index contributed by atoms with van der Waals surface area (Å²) in [6, 6.07) is 15.5. The van der Waals surface area contributed by atoms with Gasteiger partial charge < -0.3 is 14.0 Å². The highest BCUT2D eigenvalue weighted by Crippen LogP contribution is 2.23. The summed E-state index contributed by atoms with van der Waals surface area (Å²) >= 11 is 0.